The number of ether oxygens (including phenoxy) is 1. The van der Waals surface area contributed by atoms with Crippen LogP contribution in [0.15, 0.2) is 24.3 Å². The fraction of sp³-hybridized carbons (Fsp3) is 0.500. The van der Waals surface area contributed by atoms with Gasteiger partial charge in [0.15, 0.2) is 0 Å². The molecule has 0 spiro atoms. The number of benzene rings is 1. The Morgan fingerprint density at radius 3 is 2.40 bits per heavy atom. The molecule has 0 heterocycles. The van der Waals surface area contributed by atoms with E-state index in [1.807, 2.05) is 6.92 Å². The van der Waals surface area contributed by atoms with Gasteiger partial charge in [-0.3, -0.25) is 4.79 Å². The van der Waals surface area contributed by atoms with Crippen LogP contribution in [-0.4, -0.2) is 18.2 Å². The summed E-state index contributed by atoms with van der Waals surface area (Å²) in [5, 5.41) is 0. The largest absolute Gasteiger partial charge is 0.573 e. The molecule has 0 saturated carbocycles. The van der Waals surface area contributed by atoms with Gasteiger partial charge in [-0.25, -0.2) is 0 Å². The Labute approximate surface area is 115 Å². The van der Waals surface area contributed by atoms with Gasteiger partial charge in [0, 0.05) is 18.9 Å². The van der Waals surface area contributed by atoms with Gasteiger partial charge in [0.25, 0.3) is 0 Å². The maximum Gasteiger partial charge on any atom is 0.573 e. The molecule has 0 amide bonds. The Morgan fingerprint density at radius 2 is 1.90 bits per heavy atom. The predicted molar refractivity (Wildman–Crippen MR) is 69.3 cm³/mol. The van der Waals surface area contributed by atoms with E-state index in [2.05, 4.69) is 4.74 Å². The van der Waals surface area contributed by atoms with Gasteiger partial charge >= 0.3 is 6.36 Å². The van der Waals surface area contributed by atoms with Crippen molar-refractivity contribution in [2.24, 2.45) is 5.73 Å². The summed E-state index contributed by atoms with van der Waals surface area (Å²) in [6.07, 6.45) is -2.54. The van der Waals surface area contributed by atoms with Crippen LogP contribution in [0.25, 0.3) is 0 Å². The highest BCUT2D eigenvalue weighted by molar-refractivity contribution is 5.80. The van der Waals surface area contributed by atoms with E-state index in [-0.39, 0.29) is 24.0 Å². The third-order valence-corrected chi connectivity index (χ3v) is 2.67. The van der Waals surface area contributed by atoms with Gasteiger partial charge in [-0.15, -0.1) is 13.2 Å². The maximum atomic E-state index is 12.0. The minimum absolute atomic E-state index is 0.0511. The number of carbonyl (C=O) groups excluding carboxylic acids is 1. The highest BCUT2D eigenvalue weighted by Gasteiger charge is 2.30. The zero-order valence-electron chi connectivity index (χ0n) is 11.2. The number of carbonyl (C=O) groups is 1. The second kappa shape index (κ2) is 7.28. The summed E-state index contributed by atoms with van der Waals surface area (Å²) < 4.78 is 39.7. The van der Waals surface area contributed by atoms with Crippen molar-refractivity contribution in [3.63, 3.8) is 0 Å². The Balaban J connectivity index is 2.43. The normalized spacial score (nSPS) is 13.1. The SMILES string of the molecule is CC(N)CCCC(=O)Cc1ccc(OC(F)(F)F)cc1. The Kier molecular flexibility index (Phi) is 6.01. The minimum Gasteiger partial charge on any atom is -0.406 e. The molecular formula is C14H18F3NO2. The van der Waals surface area contributed by atoms with E-state index in [1.165, 1.54) is 24.3 Å². The summed E-state index contributed by atoms with van der Waals surface area (Å²) in [4.78, 5) is 11.7. The summed E-state index contributed by atoms with van der Waals surface area (Å²) in [5.41, 5.74) is 6.25. The van der Waals surface area contributed by atoms with Crippen LogP contribution in [-0.2, 0) is 11.2 Å². The molecule has 0 aliphatic rings. The zero-order valence-corrected chi connectivity index (χ0v) is 11.2. The number of ketones is 1. The molecule has 112 valence electrons. The van der Waals surface area contributed by atoms with Crippen molar-refractivity contribution < 1.29 is 22.7 Å². The summed E-state index contributed by atoms with van der Waals surface area (Å²) in [6, 6.07) is 5.41. The zero-order chi connectivity index (χ0) is 15.2. The first-order chi connectivity index (χ1) is 9.26. The molecule has 0 aromatic heterocycles. The van der Waals surface area contributed by atoms with Crippen molar-refractivity contribution in [3.8, 4) is 5.75 Å². The van der Waals surface area contributed by atoms with Crippen molar-refractivity contribution in [1.82, 2.24) is 0 Å². The molecule has 0 bridgehead atoms. The van der Waals surface area contributed by atoms with E-state index < -0.39 is 6.36 Å². The van der Waals surface area contributed by atoms with Crippen LogP contribution in [0.2, 0.25) is 0 Å². The van der Waals surface area contributed by atoms with Crippen LogP contribution in [0.5, 0.6) is 5.75 Å². The third kappa shape index (κ3) is 7.13. The monoisotopic (exact) mass is 289 g/mol. The van der Waals surface area contributed by atoms with Gasteiger partial charge in [0.1, 0.15) is 11.5 Å². The van der Waals surface area contributed by atoms with Gasteiger partial charge in [-0.05, 0) is 37.5 Å². The maximum absolute atomic E-state index is 12.0. The lowest BCUT2D eigenvalue weighted by molar-refractivity contribution is -0.274. The van der Waals surface area contributed by atoms with Gasteiger partial charge in [0.2, 0.25) is 0 Å². The van der Waals surface area contributed by atoms with E-state index in [1.54, 1.807) is 0 Å². The molecule has 1 aromatic rings. The van der Waals surface area contributed by atoms with E-state index >= 15 is 0 Å². The lowest BCUT2D eigenvalue weighted by Crippen LogP contribution is -2.17. The molecule has 1 aromatic carbocycles. The van der Waals surface area contributed by atoms with Gasteiger partial charge in [-0.2, -0.15) is 0 Å². The average Bonchev–Trinajstić information content (AvgIpc) is 2.29. The molecule has 1 unspecified atom stereocenters. The van der Waals surface area contributed by atoms with E-state index in [4.69, 9.17) is 5.73 Å². The smallest absolute Gasteiger partial charge is 0.406 e. The Bertz CT molecular complexity index is 427. The average molecular weight is 289 g/mol. The molecule has 1 rings (SSSR count). The summed E-state index contributed by atoms with van der Waals surface area (Å²) in [5.74, 6) is -0.235. The quantitative estimate of drug-likeness (QED) is 0.838. The van der Waals surface area contributed by atoms with Crippen molar-refractivity contribution in [2.75, 3.05) is 0 Å². The molecule has 20 heavy (non-hydrogen) atoms. The molecule has 2 N–H and O–H groups in total. The van der Waals surface area contributed by atoms with Gasteiger partial charge in [0.05, 0.1) is 0 Å². The topological polar surface area (TPSA) is 52.3 Å². The molecule has 6 heteroatoms. The molecule has 0 fully saturated rings. The van der Waals surface area contributed by atoms with Crippen molar-refractivity contribution in [1.29, 1.82) is 0 Å². The first-order valence-corrected chi connectivity index (χ1v) is 6.38. The van der Waals surface area contributed by atoms with Crippen molar-refractivity contribution in [2.45, 2.75) is 45.0 Å². The lowest BCUT2D eigenvalue weighted by atomic mass is 10.0. The van der Waals surface area contributed by atoms with Crippen molar-refractivity contribution in [3.05, 3.63) is 29.8 Å². The number of alkyl halides is 3. The van der Waals surface area contributed by atoms with Crippen LogP contribution < -0.4 is 10.5 Å². The molecule has 0 aliphatic heterocycles. The molecule has 0 radical (unpaired) electrons. The van der Waals surface area contributed by atoms with Crippen LogP contribution in [0.3, 0.4) is 0 Å². The summed E-state index contributed by atoms with van der Waals surface area (Å²) >= 11 is 0. The highest BCUT2D eigenvalue weighted by atomic mass is 19.4. The fourth-order valence-corrected chi connectivity index (χ4v) is 1.75. The molecular weight excluding hydrogens is 271 g/mol. The Morgan fingerprint density at radius 1 is 1.30 bits per heavy atom. The van der Waals surface area contributed by atoms with Gasteiger partial charge < -0.3 is 10.5 Å². The third-order valence-electron chi connectivity index (χ3n) is 2.67. The number of hydrogen-bond acceptors (Lipinski definition) is 3. The minimum atomic E-state index is -4.70. The molecule has 3 nitrogen and oxygen atoms in total. The standard InChI is InChI=1S/C14H18F3NO2/c1-10(18)3-2-4-12(19)9-11-5-7-13(8-6-11)20-14(15,16)17/h5-8,10H,2-4,9,18H2,1H3. The number of hydrogen-bond donors (Lipinski definition) is 1. The molecule has 0 saturated heterocycles. The van der Waals surface area contributed by atoms with Crippen LogP contribution >= 0.6 is 0 Å². The second-order valence-electron chi connectivity index (χ2n) is 4.78. The van der Waals surface area contributed by atoms with E-state index in [9.17, 15) is 18.0 Å². The Hall–Kier alpha value is -1.56. The predicted octanol–water partition coefficient (Wildman–Crippen LogP) is 3.21. The number of rotatable bonds is 7. The molecule has 0 aliphatic carbocycles. The van der Waals surface area contributed by atoms with Crippen LogP contribution in [0, 0.1) is 0 Å². The van der Waals surface area contributed by atoms with Crippen molar-refractivity contribution >= 4 is 5.78 Å². The van der Waals surface area contributed by atoms with Gasteiger partial charge in [-0.1, -0.05) is 12.1 Å². The molecule has 1 atom stereocenters. The number of halogens is 3. The van der Waals surface area contributed by atoms with E-state index in [0.717, 1.165) is 12.8 Å². The first kappa shape index (κ1) is 16.5. The second-order valence-corrected chi connectivity index (χ2v) is 4.78. The van der Waals surface area contributed by atoms with E-state index in [0.29, 0.717) is 12.0 Å². The lowest BCUT2D eigenvalue weighted by Gasteiger charge is -2.09. The summed E-state index contributed by atoms with van der Waals surface area (Å²) in [6.45, 7) is 1.88. The van der Waals surface area contributed by atoms with Crippen LogP contribution in [0.1, 0.15) is 31.7 Å². The van der Waals surface area contributed by atoms with Crippen LogP contribution in [0.4, 0.5) is 13.2 Å². The highest BCUT2D eigenvalue weighted by Crippen LogP contribution is 2.22. The summed E-state index contributed by atoms with van der Waals surface area (Å²) in [7, 11) is 0. The number of Topliss-reactive ketones (excluding diaryl/α,β-unsaturated/α-hetero) is 1. The fourth-order valence-electron chi connectivity index (χ4n) is 1.75. The number of nitrogens with two attached hydrogens (primary N) is 1. The first-order valence-electron chi connectivity index (χ1n) is 6.38.